The predicted molar refractivity (Wildman–Crippen MR) is 175 cm³/mol. The number of anilines is 1. The molecule has 9 nitrogen and oxygen atoms in total. The van der Waals surface area contributed by atoms with Crippen LogP contribution in [0.3, 0.4) is 0 Å². The molecule has 0 unspecified atom stereocenters. The van der Waals surface area contributed by atoms with Crippen molar-refractivity contribution < 1.29 is 19.1 Å². The van der Waals surface area contributed by atoms with E-state index in [0.717, 1.165) is 47.5 Å². The fourth-order valence-corrected chi connectivity index (χ4v) is 6.13. The van der Waals surface area contributed by atoms with Gasteiger partial charge >= 0.3 is 0 Å². The minimum absolute atomic E-state index is 0.0612. The molecule has 1 saturated carbocycles. The van der Waals surface area contributed by atoms with Crippen molar-refractivity contribution in [2.45, 2.75) is 69.6 Å². The summed E-state index contributed by atoms with van der Waals surface area (Å²) in [4.78, 5) is 44.3. The van der Waals surface area contributed by atoms with Crippen LogP contribution >= 0.6 is 22.9 Å². The Bertz CT molecular complexity index is 1420. The summed E-state index contributed by atoms with van der Waals surface area (Å²) in [6.07, 6.45) is 5.84. The van der Waals surface area contributed by atoms with Gasteiger partial charge in [-0.1, -0.05) is 54.3 Å². The van der Waals surface area contributed by atoms with Gasteiger partial charge in [-0.2, -0.15) is 0 Å². The molecule has 0 spiro atoms. The standard InChI is InChI=1S/C33H40ClN5O4S/c1-21(2)17-28(31(41)37-27-10-5-4-9-26(27)24-7-6-8-25(34)18-24)38-32(42)29(20-43-3)39-30(40)23-13-11-22(12-14-23)19-36-33-35-15-16-44-33/h6-8,11-16,18,26-29H,1,4-5,9-10,17,19-20H2,2-3H3,(H,35,36)(H,37,41)(H,38,42)(H,39,40)/t26-,27+,28-,29-/m0/s1. The monoisotopic (exact) mass is 637 g/mol. The normalized spacial score (nSPS) is 17.6. The molecule has 4 N–H and O–H groups in total. The lowest BCUT2D eigenvalue weighted by molar-refractivity contribution is -0.131. The Balaban J connectivity index is 1.39. The molecule has 4 rings (SSSR count). The number of ether oxygens (including phenoxy) is 1. The van der Waals surface area contributed by atoms with Gasteiger partial charge in [-0.05, 0) is 61.6 Å². The van der Waals surface area contributed by atoms with Crippen molar-refractivity contribution in [2.24, 2.45) is 0 Å². The lowest BCUT2D eigenvalue weighted by Gasteiger charge is -2.34. The number of aromatic nitrogens is 1. The summed E-state index contributed by atoms with van der Waals surface area (Å²) in [7, 11) is 1.45. The number of carbonyl (C=O) groups excluding carboxylic acids is 3. The highest BCUT2D eigenvalue weighted by Gasteiger charge is 2.32. The summed E-state index contributed by atoms with van der Waals surface area (Å²) in [5.41, 5.74) is 3.22. The lowest BCUT2D eigenvalue weighted by Crippen LogP contribution is -2.56. The number of hydrogen-bond acceptors (Lipinski definition) is 7. The smallest absolute Gasteiger partial charge is 0.251 e. The number of nitrogens with zero attached hydrogens (tertiary/aromatic N) is 1. The summed E-state index contributed by atoms with van der Waals surface area (Å²) in [5, 5.41) is 15.4. The van der Waals surface area contributed by atoms with Gasteiger partial charge in [0.05, 0.1) is 6.61 Å². The van der Waals surface area contributed by atoms with E-state index in [-0.39, 0.29) is 30.9 Å². The molecular weight excluding hydrogens is 598 g/mol. The molecule has 0 saturated heterocycles. The molecule has 2 aromatic carbocycles. The molecule has 1 heterocycles. The molecule has 1 fully saturated rings. The van der Waals surface area contributed by atoms with Crippen molar-refractivity contribution in [3.63, 3.8) is 0 Å². The fourth-order valence-electron chi connectivity index (χ4n) is 5.41. The number of carbonyl (C=O) groups is 3. The van der Waals surface area contributed by atoms with Crippen LogP contribution in [0.4, 0.5) is 5.13 Å². The van der Waals surface area contributed by atoms with E-state index >= 15 is 0 Å². The minimum Gasteiger partial charge on any atom is -0.382 e. The zero-order valence-electron chi connectivity index (χ0n) is 25.1. The van der Waals surface area contributed by atoms with Gasteiger partial charge in [0.1, 0.15) is 12.1 Å². The highest BCUT2D eigenvalue weighted by molar-refractivity contribution is 7.13. The molecule has 3 aromatic rings. The zero-order valence-corrected chi connectivity index (χ0v) is 26.7. The number of rotatable bonds is 14. The topological polar surface area (TPSA) is 121 Å². The Hall–Kier alpha value is -3.73. The van der Waals surface area contributed by atoms with Crippen molar-refractivity contribution >= 4 is 45.8 Å². The Labute approximate surface area is 267 Å². The van der Waals surface area contributed by atoms with Gasteiger partial charge in [0.15, 0.2) is 5.13 Å². The van der Waals surface area contributed by atoms with Gasteiger partial charge in [0.25, 0.3) is 5.91 Å². The fraction of sp³-hybridized carbons (Fsp3) is 0.394. The van der Waals surface area contributed by atoms with Crippen molar-refractivity contribution in [3.05, 3.63) is 94.0 Å². The van der Waals surface area contributed by atoms with E-state index in [4.69, 9.17) is 16.3 Å². The highest BCUT2D eigenvalue weighted by atomic mass is 35.5. The second-order valence-corrected chi connectivity index (χ2v) is 12.5. The van der Waals surface area contributed by atoms with Crippen LogP contribution in [0.25, 0.3) is 0 Å². The van der Waals surface area contributed by atoms with Crippen molar-refractivity contribution in [1.82, 2.24) is 20.9 Å². The molecule has 11 heteroatoms. The van der Waals surface area contributed by atoms with Crippen molar-refractivity contribution in [2.75, 3.05) is 19.0 Å². The molecule has 4 atom stereocenters. The number of hydrogen-bond donors (Lipinski definition) is 4. The molecule has 44 heavy (non-hydrogen) atoms. The average molecular weight is 638 g/mol. The number of halogens is 1. The molecule has 234 valence electrons. The van der Waals surface area contributed by atoms with Gasteiger partial charge in [-0.3, -0.25) is 14.4 Å². The maximum Gasteiger partial charge on any atom is 0.251 e. The van der Waals surface area contributed by atoms with E-state index < -0.39 is 23.9 Å². The van der Waals surface area contributed by atoms with E-state index in [0.29, 0.717) is 17.1 Å². The van der Waals surface area contributed by atoms with Gasteiger partial charge in [-0.15, -0.1) is 17.9 Å². The Morgan fingerprint density at radius 1 is 1.07 bits per heavy atom. The third-order valence-corrected chi connectivity index (χ3v) is 8.57. The second-order valence-electron chi connectivity index (χ2n) is 11.2. The molecular formula is C33H40ClN5O4S. The summed E-state index contributed by atoms with van der Waals surface area (Å²) in [6.45, 7) is 6.28. The first-order valence-electron chi connectivity index (χ1n) is 14.8. The minimum atomic E-state index is -1.01. The first-order valence-corrected chi connectivity index (χ1v) is 16.0. The van der Waals surface area contributed by atoms with Gasteiger partial charge in [0.2, 0.25) is 11.8 Å². The molecule has 1 aromatic heterocycles. The van der Waals surface area contributed by atoms with Crippen LogP contribution in [-0.2, 0) is 20.9 Å². The van der Waals surface area contributed by atoms with E-state index in [1.807, 2.05) is 48.7 Å². The Morgan fingerprint density at radius 2 is 1.84 bits per heavy atom. The maximum atomic E-state index is 13.6. The van der Waals surface area contributed by atoms with E-state index in [1.54, 1.807) is 18.3 Å². The predicted octanol–water partition coefficient (Wildman–Crippen LogP) is 5.45. The van der Waals surface area contributed by atoms with E-state index in [2.05, 4.69) is 32.8 Å². The molecule has 1 aliphatic rings. The number of thiazole rings is 1. The summed E-state index contributed by atoms with van der Waals surface area (Å²) < 4.78 is 5.25. The number of benzene rings is 2. The quantitative estimate of drug-likeness (QED) is 0.175. The molecule has 0 radical (unpaired) electrons. The number of amides is 3. The largest absolute Gasteiger partial charge is 0.382 e. The first-order chi connectivity index (χ1) is 21.2. The Kier molecular flexibility index (Phi) is 12.3. The van der Waals surface area contributed by atoms with Gasteiger partial charge < -0.3 is 26.0 Å². The van der Waals surface area contributed by atoms with Crippen LogP contribution in [0, 0.1) is 0 Å². The van der Waals surface area contributed by atoms with Crippen molar-refractivity contribution in [3.8, 4) is 0 Å². The SMILES string of the molecule is C=C(C)C[C@H](NC(=O)[C@H](COC)NC(=O)c1ccc(CNc2nccs2)cc1)C(=O)N[C@@H]1CCCC[C@H]1c1cccc(Cl)c1. The molecule has 3 amide bonds. The van der Waals surface area contributed by atoms with Gasteiger partial charge in [-0.25, -0.2) is 4.98 Å². The third kappa shape index (κ3) is 9.64. The Morgan fingerprint density at radius 3 is 2.52 bits per heavy atom. The number of methoxy groups -OCH3 is 1. The summed E-state index contributed by atoms with van der Waals surface area (Å²) in [6, 6.07) is 12.9. The van der Waals surface area contributed by atoms with Crippen LogP contribution in [0.15, 0.2) is 72.3 Å². The van der Waals surface area contributed by atoms with Gasteiger partial charge in [0, 0.05) is 47.8 Å². The van der Waals surface area contributed by atoms with Crippen LogP contribution in [0.1, 0.15) is 66.4 Å². The average Bonchev–Trinajstić information content (AvgIpc) is 3.53. The molecule has 0 aliphatic heterocycles. The van der Waals surface area contributed by atoms with Crippen LogP contribution in [0.5, 0.6) is 0 Å². The van der Waals surface area contributed by atoms with E-state index in [1.165, 1.54) is 18.4 Å². The third-order valence-electron chi connectivity index (χ3n) is 7.60. The summed E-state index contributed by atoms with van der Waals surface area (Å²) in [5.74, 6) is -1.10. The second kappa shape index (κ2) is 16.4. The highest BCUT2D eigenvalue weighted by Crippen LogP contribution is 2.34. The van der Waals surface area contributed by atoms with Crippen LogP contribution < -0.4 is 21.3 Å². The van der Waals surface area contributed by atoms with Crippen LogP contribution in [0.2, 0.25) is 5.02 Å². The number of nitrogens with one attached hydrogen (secondary N) is 4. The maximum absolute atomic E-state index is 13.6. The van der Waals surface area contributed by atoms with E-state index in [9.17, 15) is 14.4 Å². The first kappa shape index (κ1) is 33.2. The van der Waals surface area contributed by atoms with Crippen molar-refractivity contribution in [1.29, 1.82) is 0 Å². The summed E-state index contributed by atoms with van der Waals surface area (Å²) >= 11 is 7.77. The molecule has 1 aliphatic carbocycles. The van der Waals surface area contributed by atoms with Crippen LogP contribution in [-0.4, -0.2) is 54.5 Å². The lowest BCUT2D eigenvalue weighted by atomic mass is 9.80. The zero-order chi connectivity index (χ0) is 31.5. The molecule has 0 bridgehead atoms.